The average molecular weight is 423 g/mol. The second kappa shape index (κ2) is 7.40. The van der Waals surface area contributed by atoms with E-state index in [1.54, 1.807) is 10.8 Å². The summed E-state index contributed by atoms with van der Waals surface area (Å²) in [7, 11) is 0. The summed E-state index contributed by atoms with van der Waals surface area (Å²) in [4.78, 5) is 25.4. The molecular weight excluding hydrogens is 400 g/mol. The first kappa shape index (κ1) is 18.9. The van der Waals surface area contributed by atoms with E-state index in [1.165, 1.54) is 0 Å². The lowest BCUT2D eigenvalue weighted by atomic mass is 9.89. The van der Waals surface area contributed by atoms with E-state index in [0.29, 0.717) is 17.4 Å². The number of aliphatic carboxylic acids is 2. The van der Waals surface area contributed by atoms with Crippen LogP contribution < -0.4 is 0 Å². The highest BCUT2D eigenvalue weighted by Gasteiger charge is 2.34. The summed E-state index contributed by atoms with van der Waals surface area (Å²) < 4.78 is 2.44. The van der Waals surface area contributed by atoms with Crippen LogP contribution >= 0.6 is 15.9 Å². The summed E-state index contributed by atoms with van der Waals surface area (Å²) in [5.74, 6) is -0.992. The fourth-order valence-corrected chi connectivity index (χ4v) is 4.54. The maximum Gasteiger partial charge on any atom is 0.325 e. The van der Waals surface area contributed by atoms with Gasteiger partial charge in [-0.1, -0.05) is 35.8 Å². The second-order valence-corrected chi connectivity index (χ2v) is 8.32. The van der Waals surface area contributed by atoms with Gasteiger partial charge in [0, 0.05) is 34.7 Å². The van der Waals surface area contributed by atoms with Gasteiger partial charge in [-0.3, -0.25) is 14.5 Å². The Morgan fingerprint density at radius 3 is 2.46 bits per heavy atom. The Kier molecular flexibility index (Phi) is 5.39. The van der Waals surface area contributed by atoms with Crippen LogP contribution in [0.15, 0.2) is 28.9 Å². The number of piperidine rings is 1. The molecule has 0 aliphatic carbocycles. The van der Waals surface area contributed by atoms with Crippen molar-refractivity contribution in [3.8, 4) is 0 Å². The number of hydrogen-bond donors (Lipinski definition) is 2. The molecule has 0 saturated carbocycles. The Hall–Kier alpha value is -1.86. The first-order chi connectivity index (χ1) is 12.3. The van der Waals surface area contributed by atoms with Gasteiger partial charge in [0.2, 0.25) is 0 Å². The molecule has 0 bridgehead atoms. The minimum absolute atomic E-state index is 0.202. The average Bonchev–Trinajstić information content (AvgIpc) is 2.83. The molecule has 26 heavy (non-hydrogen) atoms. The van der Waals surface area contributed by atoms with Crippen LogP contribution in [0.2, 0.25) is 0 Å². The van der Waals surface area contributed by atoms with Gasteiger partial charge in [-0.15, -0.1) is 0 Å². The Morgan fingerprint density at radius 1 is 1.23 bits per heavy atom. The van der Waals surface area contributed by atoms with Crippen molar-refractivity contribution in [2.45, 2.75) is 32.9 Å². The van der Waals surface area contributed by atoms with E-state index in [-0.39, 0.29) is 6.54 Å². The van der Waals surface area contributed by atoms with Crippen molar-refractivity contribution in [3.05, 3.63) is 34.4 Å². The summed E-state index contributed by atoms with van der Waals surface area (Å²) in [5, 5.41) is 20.0. The van der Waals surface area contributed by atoms with Crippen LogP contribution in [0, 0.1) is 11.8 Å². The van der Waals surface area contributed by atoms with E-state index in [2.05, 4.69) is 29.8 Å². The SMILES string of the molecule is C[C@@H]1C[C@H](C)CN(C(C(=O)O)c2cn(CC(=O)O)c3cc(Br)ccc23)C1. The van der Waals surface area contributed by atoms with Crippen molar-refractivity contribution < 1.29 is 19.8 Å². The third-order valence-corrected chi connectivity index (χ3v) is 5.46. The normalized spacial score (nSPS) is 22.4. The van der Waals surface area contributed by atoms with Crippen LogP contribution in [0.1, 0.15) is 31.9 Å². The Balaban J connectivity index is 2.11. The highest BCUT2D eigenvalue weighted by molar-refractivity contribution is 9.10. The fraction of sp³-hybridized carbons (Fsp3) is 0.474. The Bertz CT molecular complexity index is 837. The minimum atomic E-state index is -0.958. The van der Waals surface area contributed by atoms with Gasteiger partial charge >= 0.3 is 11.9 Å². The molecule has 1 unspecified atom stereocenters. The van der Waals surface area contributed by atoms with Crippen LogP contribution in [0.3, 0.4) is 0 Å². The zero-order chi connectivity index (χ0) is 19.0. The van der Waals surface area contributed by atoms with Gasteiger partial charge in [0.15, 0.2) is 0 Å². The fourth-order valence-electron chi connectivity index (χ4n) is 4.20. The molecule has 0 spiro atoms. The maximum atomic E-state index is 12.2. The molecule has 140 valence electrons. The smallest absolute Gasteiger partial charge is 0.325 e. The lowest BCUT2D eigenvalue weighted by Crippen LogP contribution is -2.43. The number of likely N-dealkylation sites (tertiary alicyclic amines) is 1. The van der Waals surface area contributed by atoms with Crippen LogP contribution in [0.25, 0.3) is 10.9 Å². The van der Waals surface area contributed by atoms with E-state index >= 15 is 0 Å². The Morgan fingerprint density at radius 2 is 1.88 bits per heavy atom. The van der Waals surface area contributed by atoms with Crippen LogP contribution in [-0.2, 0) is 16.1 Å². The predicted octanol–water partition coefficient (Wildman–Crippen LogP) is 3.59. The topological polar surface area (TPSA) is 82.8 Å². The summed E-state index contributed by atoms with van der Waals surface area (Å²) in [6, 6.07) is 4.78. The molecule has 2 aromatic rings. The molecule has 3 rings (SSSR count). The lowest BCUT2D eigenvalue weighted by Gasteiger charge is -2.38. The lowest BCUT2D eigenvalue weighted by molar-refractivity contribution is -0.144. The van der Waals surface area contributed by atoms with Gasteiger partial charge in [0.1, 0.15) is 12.6 Å². The molecule has 6 nitrogen and oxygen atoms in total. The third kappa shape index (κ3) is 3.78. The minimum Gasteiger partial charge on any atom is -0.480 e. The van der Waals surface area contributed by atoms with Crippen LogP contribution in [-0.4, -0.2) is 44.7 Å². The molecule has 0 radical (unpaired) electrons. The molecule has 1 fully saturated rings. The molecular formula is C19H23BrN2O4. The standard InChI is InChI=1S/C19H23BrN2O4/c1-11-5-12(2)8-22(7-11)18(19(25)26)15-9-21(10-17(23)24)16-6-13(20)3-4-14(15)16/h3-4,6,9,11-12,18H,5,7-8,10H2,1-2H3,(H,23,24)(H,25,26)/t11-,12+,18?. The van der Waals surface area contributed by atoms with E-state index in [1.807, 2.05) is 23.1 Å². The number of aromatic nitrogens is 1. The molecule has 2 heterocycles. The number of halogens is 1. The number of rotatable bonds is 5. The molecule has 3 atom stereocenters. The first-order valence-electron chi connectivity index (χ1n) is 8.73. The predicted molar refractivity (Wildman–Crippen MR) is 102 cm³/mol. The molecule has 1 aliphatic heterocycles. The van der Waals surface area contributed by atoms with Gasteiger partial charge in [-0.05, 0) is 30.4 Å². The monoisotopic (exact) mass is 422 g/mol. The van der Waals surface area contributed by atoms with Crippen LogP contribution in [0.4, 0.5) is 0 Å². The zero-order valence-electron chi connectivity index (χ0n) is 14.9. The van der Waals surface area contributed by atoms with Gasteiger partial charge in [0.25, 0.3) is 0 Å². The van der Waals surface area contributed by atoms with E-state index in [4.69, 9.17) is 0 Å². The quantitative estimate of drug-likeness (QED) is 0.768. The number of benzene rings is 1. The number of carbonyl (C=O) groups is 2. The number of fused-ring (bicyclic) bond motifs is 1. The van der Waals surface area contributed by atoms with Crippen molar-refractivity contribution in [3.63, 3.8) is 0 Å². The summed E-state index contributed by atoms with van der Waals surface area (Å²) >= 11 is 3.41. The summed E-state index contributed by atoms with van der Waals surface area (Å²) in [6.45, 7) is 5.54. The Labute approximate surface area is 160 Å². The molecule has 1 saturated heterocycles. The van der Waals surface area contributed by atoms with Gasteiger partial charge in [0.05, 0.1) is 5.52 Å². The number of hydrogen-bond acceptors (Lipinski definition) is 3. The molecule has 1 aliphatic rings. The number of carboxylic acids is 2. The van der Waals surface area contributed by atoms with Crippen molar-refractivity contribution in [2.75, 3.05) is 13.1 Å². The van der Waals surface area contributed by atoms with Crippen molar-refractivity contribution >= 4 is 38.8 Å². The van der Waals surface area contributed by atoms with E-state index < -0.39 is 18.0 Å². The van der Waals surface area contributed by atoms with Crippen molar-refractivity contribution in [1.82, 2.24) is 9.47 Å². The highest BCUT2D eigenvalue weighted by atomic mass is 79.9. The third-order valence-electron chi connectivity index (χ3n) is 4.97. The van der Waals surface area contributed by atoms with Gasteiger partial charge < -0.3 is 14.8 Å². The molecule has 2 N–H and O–H groups in total. The highest BCUT2D eigenvalue weighted by Crippen LogP contribution is 2.35. The number of nitrogens with zero attached hydrogens (tertiary/aromatic N) is 2. The van der Waals surface area contributed by atoms with Crippen molar-refractivity contribution in [2.24, 2.45) is 11.8 Å². The summed E-state index contributed by atoms with van der Waals surface area (Å²) in [6.07, 6.45) is 2.78. The maximum absolute atomic E-state index is 12.2. The summed E-state index contributed by atoms with van der Waals surface area (Å²) in [5.41, 5.74) is 1.38. The molecule has 1 aromatic heterocycles. The van der Waals surface area contributed by atoms with Gasteiger partial charge in [-0.25, -0.2) is 0 Å². The largest absolute Gasteiger partial charge is 0.480 e. The number of carboxylic acid groups (broad SMARTS) is 2. The van der Waals surface area contributed by atoms with Crippen molar-refractivity contribution in [1.29, 1.82) is 0 Å². The van der Waals surface area contributed by atoms with E-state index in [9.17, 15) is 19.8 Å². The zero-order valence-corrected chi connectivity index (χ0v) is 16.4. The molecule has 7 heteroatoms. The van der Waals surface area contributed by atoms with Gasteiger partial charge in [-0.2, -0.15) is 0 Å². The van der Waals surface area contributed by atoms with E-state index in [0.717, 1.165) is 34.9 Å². The first-order valence-corrected chi connectivity index (χ1v) is 9.52. The molecule has 1 aromatic carbocycles. The van der Waals surface area contributed by atoms with Crippen LogP contribution in [0.5, 0.6) is 0 Å². The second-order valence-electron chi connectivity index (χ2n) is 7.41. The molecule has 0 amide bonds.